The molecule has 3 aromatic rings. The minimum atomic E-state index is -3.82. The van der Waals surface area contributed by atoms with Crippen LogP contribution in [0, 0.1) is 11.6 Å². The number of aromatic nitrogens is 1. The molecule has 0 spiro atoms. The number of aryl methyl sites for hydroxylation is 1. The molecular weight excluding hydrogens is 649 g/mol. The van der Waals surface area contributed by atoms with Crippen molar-refractivity contribution in [2.45, 2.75) is 39.2 Å². The lowest BCUT2D eigenvalue weighted by Gasteiger charge is -2.28. The van der Waals surface area contributed by atoms with Crippen LogP contribution in [0.25, 0.3) is 10.8 Å². The predicted octanol–water partition coefficient (Wildman–Crippen LogP) is 6.12. The molecule has 0 radical (unpaired) electrons. The van der Waals surface area contributed by atoms with Crippen molar-refractivity contribution in [1.82, 2.24) is 15.2 Å². The van der Waals surface area contributed by atoms with Crippen molar-refractivity contribution in [2.24, 2.45) is 0 Å². The molecule has 16 heteroatoms. The van der Waals surface area contributed by atoms with E-state index in [1.54, 1.807) is 19.2 Å². The largest absolute Gasteiger partial charge is 0.474 e. The number of fused-ring (bicyclic) bond motifs is 1. The number of likely N-dealkylation sites (N-methyl/N-ethyl adjacent to an activating group) is 1. The van der Waals surface area contributed by atoms with Crippen LogP contribution in [-0.2, 0) is 38.9 Å². The van der Waals surface area contributed by atoms with Gasteiger partial charge in [-0.3, -0.25) is 28.5 Å². The van der Waals surface area contributed by atoms with Crippen LogP contribution < -0.4 is 10.6 Å². The molecule has 2 N–H and O–H groups in total. The second kappa shape index (κ2) is 18.5. The number of halogens is 3. The number of nitrogens with one attached hydrogen (secondary N) is 2. The van der Waals surface area contributed by atoms with Crippen molar-refractivity contribution >= 4 is 53.9 Å². The number of pyridine rings is 1. The molecule has 1 aromatic heterocycles. The zero-order chi connectivity index (χ0) is 33.0. The Kier molecular flexibility index (Phi) is 15.5. The van der Waals surface area contributed by atoms with E-state index >= 15 is 0 Å². The maximum Gasteiger partial charge on any atom is 0.474 e. The van der Waals surface area contributed by atoms with Gasteiger partial charge in [-0.1, -0.05) is 31.2 Å². The first-order chi connectivity index (χ1) is 21.4. The Bertz CT molecular complexity index is 1540. The zero-order valence-corrected chi connectivity index (χ0v) is 26.5. The minimum absolute atomic E-state index is 0. The van der Waals surface area contributed by atoms with Crippen molar-refractivity contribution < 1.29 is 46.0 Å². The minimum Gasteiger partial charge on any atom is -0.447 e. The van der Waals surface area contributed by atoms with Gasteiger partial charge in [0, 0.05) is 45.8 Å². The van der Waals surface area contributed by atoms with Crippen LogP contribution in [-0.4, -0.2) is 74.9 Å². The highest BCUT2D eigenvalue weighted by molar-refractivity contribution is 7.48. The summed E-state index contributed by atoms with van der Waals surface area (Å²) in [4.78, 5) is 43.3. The molecule has 3 amide bonds. The Morgan fingerprint density at radius 3 is 2.54 bits per heavy atom. The number of hydrogen-bond donors (Lipinski definition) is 2. The smallest absolute Gasteiger partial charge is 0.447 e. The van der Waals surface area contributed by atoms with Gasteiger partial charge in [0.15, 0.2) is 0 Å². The molecule has 0 fully saturated rings. The Morgan fingerprint density at radius 1 is 1.09 bits per heavy atom. The Morgan fingerprint density at radius 2 is 1.83 bits per heavy atom. The first-order valence-electron chi connectivity index (χ1n) is 13.7. The molecule has 0 unspecified atom stereocenters. The van der Waals surface area contributed by atoms with E-state index in [9.17, 15) is 27.7 Å². The molecule has 0 bridgehead atoms. The highest BCUT2D eigenvalue weighted by Gasteiger charge is 2.25. The summed E-state index contributed by atoms with van der Waals surface area (Å²) in [6.45, 7) is -0.616. The number of carbonyl (C=O) groups excluding carboxylic acids is 3. The fourth-order valence-corrected chi connectivity index (χ4v) is 5.03. The third-order valence-corrected chi connectivity index (χ3v) is 8.50. The van der Waals surface area contributed by atoms with E-state index in [1.807, 2.05) is 0 Å². The quantitative estimate of drug-likeness (QED) is 0.134. The summed E-state index contributed by atoms with van der Waals surface area (Å²) >= 11 is 6.02. The number of phosphoric ester groups is 1. The van der Waals surface area contributed by atoms with E-state index in [-0.39, 0.29) is 50.2 Å². The van der Waals surface area contributed by atoms with Gasteiger partial charge in [-0.2, -0.15) is 0 Å². The molecule has 252 valence electrons. The van der Waals surface area contributed by atoms with Crippen molar-refractivity contribution in [3.63, 3.8) is 0 Å². The molecule has 0 aliphatic carbocycles. The summed E-state index contributed by atoms with van der Waals surface area (Å²) in [6.07, 6.45) is 1.49. The van der Waals surface area contributed by atoms with Crippen LogP contribution in [0.15, 0.2) is 48.7 Å². The van der Waals surface area contributed by atoms with Crippen LogP contribution in [0.5, 0.6) is 0 Å². The van der Waals surface area contributed by atoms with E-state index in [4.69, 9.17) is 20.9 Å². The summed E-state index contributed by atoms with van der Waals surface area (Å²) in [5.41, 5.74) is 0.477. The molecular formula is C30H38ClF2N4O8P. The first kappa shape index (κ1) is 38.5. The van der Waals surface area contributed by atoms with Crippen LogP contribution in [0.3, 0.4) is 0 Å². The van der Waals surface area contributed by atoms with Gasteiger partial charge in [-0.05, 0) is 60.5 Å². The van der Waals surface area contributed by atoms with Crippen LogP contribution >= 0.6 is 19.4 Å². The molecule has 0 aliphatic heterocycles. The molecule has 0 aliphatic rings. The molecule has 0 saturated heterocycles. The third kappa shape index (κ3) is 11.6. The van der Waals surface area contributed by atoms with Crippen molar-refractivity contribution in [3.05, 3.63) is 70.9 Å². The second-order valence-electron chi connectivity index (χ2n) is 9.73. The number of anilines is 1. The van der Waals surface area contributed by atoms with E-state index in [1.165, 1.54) is 41.4 Å². The molecule has 46 heavy (non-hydrogen) atoms. The van der Waals surface area contributed by atoms with Gasteiger partial charge in [-0.25, -0.2) is 23.1 Å². The van der Waals surface area contributed by atoms with Crippen LogP contribution in [0.4, 0.5) is 19.4 Å². The second-order valence-corrected chi connectivity index (χ2v) is 12.0. The highest BCUT2D eigenvalue weighted by atomic mass is 35.5. The van der Waals surface area contributed by atoms with Gasteiger partial charge in [0.05, 0.1) is 11.1 Å². The number of benzene rings is 2. The van der Waals surface area contributed by atoms with Crippen molar-refractivity contribution in [3.8, 4) is 0 Å². The van der Waals surface area contributed by atoms with Gasteiger partial charge in [-0.15, -0.1) is 0 Å². The fraction of sp³-hybridized carbons (Fsp3) is 0.400. The summed E-state index contributed by atoms with van der Waals surface area (Å²) in [5, 5.41) is 6.24. The molecule has 0 saturated carbocycles. The molecule has 3 rings (SSSR count). The van der Waals surface area contributed by atoms with E-state index < -0.39 is 44.1 Å². The summed E-state index contributed by atoms with van der Waals surface area (Å²) in [7, 11) is -0.0357. The number of phosphoric acid groups is 1. The number of ether oxygens (including phenoxy) is 1. The molecule has 2 aromatic carbocycles. The highest BCUT2D eigenvalue weighted by Crippen LogP contribution is 2.47. The fourth-order valence-electron chi connectivity index (χ4n) is 4.18. The van der Waals surface area contributed by atoms with Gasteiger partial charge < -0.3 is 15.0 Å². The zero-order valence-electron chi connectivity index (χ0n) is 24.9. The standard InChI is InChI=1S/C29H34ClF2N4O8P.CH4/c1-36(27(38)12-10-19-6-4-8-24(32)28(19)30)23(7-5-13-33-26(37)18-44-45(40,41-2)42-3)17-43-29(39)35-25-15-21-14-22(31)11-9-20(21)16-34-25;/h4,6,8-9,11,14-16,23H,5,7,10,12-13,17-18H2,1-3H3,(H,33,37)(H,34,35,39);1H4/t23-;/m0./s1. The Hall–Kier alpha value is -3.68. The Labute approximate surface area is 271 Å². The Balaban J connectivity index is 0.00000736. The van der Waals surface area contributed by atoms with Gasteiger partial charge in [0.1, 0.15) is 30.7 Å². The van der Waals surface area contributed by atoms with Gasteiger partial charge >= 0.3 is 13.9 Å². The lowest BCUT2D eigenvalue weighted by Crippen LogP contribution is -2.41. The van der Waals surface area contributed by atoms with E-state index in [0.717, 1.165) is 14.2 Å². The molecule has 1 heterocycles. The lowest BCUT2D eigenvalue weighted by atomic mass is 10.1. The number of amides is 3. The number of hydrogen-bond acceptors (Lipinski definition) is 9. The lowest BCUT2D eigenvalue weighted by molar-refractivity contribution is -0.133. The first-order valence-corrected chi connectivity index (χ1v) is 15.6. The predicted molar refractivity (Wildman–Crippen MR) is 170 cm³/mol. The average molecular weight is 687 g/mol. The van der Waals surface area contributed by atoms with Gasteiger partial charge in [0.2, 0.25) is 11.8 Å². The summed E-state index contributed by atoms with van der Waals surface area (Å²) in [5.74, 6) is -1.77. The maximum absolute atomic E-state index is 13.8. The normalized spacial score (nSPS) is 11.8. The summed E-state index contributed by atoms with van der Waals surface area (Å²) in [6, 6.07) is 9.41. The SMILES string of the molecule is C.COP(=O)(OC)OCC(=O)NCCC[C@@H](COC(=O)Nc1cc2cc(F)ccc2cn1)N(C)C(=O)CCc1cccc(F)c1Cl. The number of carbonyl (C=O) groups is 3. The maximum atomic E-state index is 13.8. The average Bonchev–Trinajstić information content (AvgIpc) is 3.03. The van der Waals surface area contributed by atoms with Crippen molar-refractivity contribution in [2.75, 3.05) is 46.3 Å². The van der Waals surface area contributed by atoms with Crippen LogP contribution in [0.2, 0.25) is 5.02 Å². The number of rotatable bonds is 16. The summed E-state index contributed by atoms with van der Waals surface area (Å²) < 4.78 is 58.9. The monoisotopic (exact) mass is 686 g/mol. The number of nitrogens with zero attached hydrogens (tertiary/aromatic N) is 2. The molecule has 12 nitrogen and oxygen atoms in total. The van der Waals surface area contributed by atoms with Crippen LogP contribution in [0.1, 0.15) is 32.3 Å². The van der Waals surface area contributed by atoms with E-state index in [0.29, 0.717) is 29.2 Å². The third-order valence-electron chi connectivity index (χ3n) is 6.74. The molecule has 1 atom stereocenters. The topological polar surface area (TPSA) is 145 Å². The van der Waals surface area contributed by atoms with Gasteiger partial charge in [0.25, 0.3) is 0 Å². The van der Waals surface area contributed by atoms with Crippen molar-refractivity contribution in [1.29, 1.82) is 0 Å². The van der Waals surface area contributed by atoms with E-state index in [2.05, 4.69) is 24.7 Å².